The van der Waals surface area contributed by atoms with Gasteiger partial charge in [-0.25, -0.2) is 0 Å². The van der Waals surface area contributed by atoms with Gasteiger partial charge in [-0.3, -0.25) is 9.89 Å². The fourth-order valence-electron chi connectivity index (χ4n) is 2.55. The van der Waals surface area contributed by atoms with Crippen LogP contribution in [0.5, 0.6) is 11.5 Å². The van der Waals surface area contributed by atoms with Crippen molar-refractivity contribution in [1.29, 1.82) is 0 Å². The number of benzene rings is 1. The molecule has 0 radical (unpaired) electrons. The monoisotopic (exact) mass is 357 g/mol. The van der Waals surface area contributed by atoms with Crippen molar-refractivity contribution in [3.05, 3.63) is 53.0 Å². The number of aromatic amines is 1. The maximum Gasteiger partial charge on any atom is 0.255 e. The summed E-state index contributed by atoms with van der Waals surface area (Å²) >= 11 is 1.55. The average Bonchev–Trinajstić information content (AvgIpc) is 3.31. The van der Waals surface area contributed by atoms with E-state index in [2.05, 4.69) is 15.5 Å². The first-order valence-electron chi connectivity index (χ1n) is 7.74. The molecule has 2 N–H and O–H groups in total. The standard InChI is InChI=1S/C18H19N3O3S/c1-11(12-6-7-14(23-2)15(9-12)24-3)20-18(22)13-10-19-21-17(13)16-5-4-8-25-16/h4-11H,1-3H3,(H,19,21)(H,20,22)/t11-/m0/s1. The Morgan fingerprint density at radius 1 is 1.24 bits per heavy atom. The molecule has 25 heavy (non-hydrogen) atoms. The number of nitrogens with zero attached hydrogens (tertiary/aromatic N) is 1. The molecule has 0 saturated carbocycles. The molecule has 130 valence electrons. The van der Waals surface area contributed by atoms with Crippen LogP contribution in [0.1, 0.15) is 28.9 Å². The summed E-state index contributed by atoms with van der Waals surface area (Å²) < 4.78 is 10.6. The van der Waals surface area contributed by atoms with E-state index < -0.39 is 0 Å². The van der Waals surface area contributed by atoms with Gasteiger partial charge in [0.1, 0.15) is 0 Å². The molecule has 0 bridgehead atoms. The van der Waals surface area contributed by atoms with Crippen molar-refractivity contribution < 1.29 is 14.3 Å². The Morgan fingerprint density at radius 2 is 2.04 bits per heavy atom. The number of methoxy groups -OCH3 is 2. The highest BCUT2D eigenvalue weighted by Gasteiger charge is 2.19. The van der Waals surface area contributed by atoms with Gasteiger partial charge >= 0.3 is 0 Å². The van der Waals surface area contributed by atoms with Crippen LogP contribution in [-0.4, -0.2) is 30.3 Å². The number of H-pyrrole nitrogens is 1. The lowest BCUT2D eigenvalue weighted by Crippen LogP contribution is -2.26. The average molecular weight is 357 g/mol. The van der Waals surface area contributed by atoms with Gasteiger partial charge in [-0.05, 0) is 36.1 Å². The lowest BCUT2D eigenvalue weighted by Gasteiger charge is -2.16. The molecule has 2 heterocycles. The van der Waals surface area contributed by atoms with Gasteiger partial charge in [0.05, 0.1) is 42.6 Å². The van der Waals surface area contributed by atoms with Gasteiger partial charge in [0.15, 0.2) is 11.5 Å². The number of amides is 1. The van der Waals surface area contributed by atoms with Gasteiger partial charge < -0.3 is 14.8 Å². The normalized spacial score (nSPS) is 11.8. The number of hydrogen-bond donors (Lipinski definition) is 2. The number of hydrogen-bond acceptors (Lipinski definition) is 5. The van der Waals surface area contributed by atoms with E-state index >= 15 is 0 Å². The molecule has 0 aliphatic carbocycles. The Balaban J connectivity index is 1.79. The zero-order valence-corrected chi connectivity index (χ0v) is 15.0. The number of aromatic nitrogens is 2. The predicted molar refractivity (Wildman–Crippen MR) is 97.3 cm³/mol. The molecule has 1 amide bonds. The van der Waals surface area contributed by atoms with E-state index in [1.165, 1.54) is 0 Å². The molecule has 0 unspecified atom stereocenters. The van der Waals surface area contributed by atoms with Crippen molar-refractivity contribution in [3.63, 3.8) is 0 Å². The summed E-state index contributed by atoms with van der Waals surface area (Å²) in [7, 11) is 3.18. The summed E-state index contributed by atoms with van der Waals surface area (Å²) in [6, 6.07) is 9.28. The zero-order chi connectivity index (χ0) is 17.8. The van der Waals surface area contributed by atoms with Crippen LogP contribution in [-0.2, 0) is 0 Å². The third kappa shape index (κ3) is 3.51. The van der Waals surface area contributed by atoms with E-state index in [0.717, 1.165) is 16.1 Å². The summed E-state index contributed by atoms with van der Waals surface area (Å²) in [5.41, 5.74) is 2.17. The molecular weight excluding hydrogens is 338 g/mol. The van der Waals surface area contributed by atoms with Crippen LogP contribution in [0.25, 0.3) is 10.6 Å². The number of carbonyl (C=O) groups excluding carboxylic acids is 1. The molecule has 3 aromatic rings. The molecular formula is C18H19N3O3S. The van der Waals surface area contributed by atoms with Crippen molar-refractivity contribution >= 4 is 17.2 Å². The molecule has 7 heteroatoms. The SMILES string of the molecule is COc1ccc([C@H](C)NC(=O)c2cn[nH]c2-c2cccs2)cc1OC. The Hall–Kier alpha value is -2.80. The minimum absolute atomic E-state index is 0.181. The van der Waals surface area contributed by atoms with E-state index in [4.69, 9.17) is 9.47 Å². The highest BCUT2D eigenvalue weighted by molar-refractivity contribution is 7.13. The van der Waals surface area contributed by atoms with Crippen LogP contribution >= 0.6 is 11.3 Å². The van der Waals surface area contributed by atoms with Crippen molar-refractivity contribution in [1.82, 2.24) is 15.5 Å². The second kappa shape index (κ2) is 7.40. The maximum absolute atomic E-state index is 12.7. The van der Waals surface area contributed by atoms with Crippen molar-refractivity contribution in [2.24, 2.45) is 0 Å². The lowest BCUT2D eigenvalue weighted by atomic mass is 10.1. The van der Waals surface area contributed by atoms with Gasteiger partial charge in [-0.15, -0.1) is 11.3 Å². The summed E-state index contributed by atoms with van der Waals surface area (Å²) in [5.74, 6) is 1.10. The molecule has 6 nitrogen and oxygen atoms in total. The van der Waals surface area contributed by atoms with Crippen molar-refractivity contribution in [3.8, 4) is 22.1 Å². The topological polar surface area (TPSA) is 76.2 Å². The first-order chi connectivity index (χ1) is 12.1. The summed E-state index contributed by atoms with van der Waals surface area (Å²) in [5, 5.41) is 11.9. The number of carbonyl (C=O) groups is 1. The van der Waals surface area contributed by atoms with Crippen LogP contribution in [0, 0.1) is 0 Å². The predicted octanol–water partition coefficient (Wildman–Crippen LogP) is 3.65. The first-order valence-corrected chi connectivity index (χ1v) is 8.62. The third-order valence-corrected chi connectivity index (χ3v) is 4.79. The maximum atomic E-state index is 12.7. The molecule has 0 spiro atoms. The van der Waals surface area contributed by atoms with Crippen molar-refractivity contribution in [2.45, 2.75) is 13.0 Å². The molecule has 1 atom stereocenters. The van der Waals surface area contributed by atoms with Crippen LogP contribution in [0.2, 0.25) is 0 Å². The zero-order valence-electron chi connectivity index (χ0n) is 14.2. The van der Waals surface area contributed by atoms with E-state index in [-0.39, 0.29) is 11.9 Å². The largest absolute Gasteiger partial charge is 0.493 e. The number of nitrogens with one attached hydrogen (secondary N) is 2. The molecule has 1 aromatic carbocycles. The van der Waals surface area contributed by atoms with Crippen LogP contribution < -0.4 is 14.8 Å². The van der Waals surface area contributed by atoms with Gasteiger partial charge in [-0.2, -0.15) is 5.10 Å². The van der Waals surface area contributed by atoms with Gasteiger partial charge in [0.2, 0.25) is 0 Å². The molecule has 0 saturated heterocycles. The minimum atomic E-state index is -0.196. The highest BCUT2D eigenvalue weighted by atomic mass is 32.1. The van der Waals surface area contributed by atoms with Gasteiger partial charge in [0.25, 0.3) is 5.91 Å². The number of thiophene rings is 1. The molecule has 0 fully saturated rings. The second-order valence-corrected chi connectivity index (χ2v) is 6.39. The van der Waals surface area contributed by atoms with Gasteiger partial charge in [-0.1, -0.05) is 12.1 Å². The van der Waals surface area contributed by atoms with E-state index in [0.29, 0.717) is 17.1 Å². The van der Waals surface area contributed by atoms with Crippen LogP contribution in [0.15, 0.2) is 41.9 Å². The minimum Gasteiger partial charge on any atom is -0.493 e. The Bertz CT molecular complexity index is 858. The summed E-state index contributed by atoms with van der Waals surface area (Å²) in [4.78, 5) is 13.6. The smallest absolute Gasteiger partial charge is 0.255 e. The summed E-state index contributed by atoms with van der Waals surface area (Å²) in [6.45, 7) is 1.92. The molecule has 0 aliphatic heterocycles. The van der Waals surface area contributed by atoms with Crippen LogP contribution in [0.4, 0.5) is 0 Å². The first kappa shape index (κ1) is 17.0. The Morgan fingerprint density at radius 3 is 2.72 bits per heavy atom. The van der Waals surface area contributed by atoms with E-state index in [1.807, 2.05) is 42.6 Å². The number of rotatable bonds is 6. The summed E-state index contributed by atoms with van der Waals surface area (Å²) in [6.07, 6.45) is 1.55. The highest BCUT2D eigenvalue weighted by Crippen LogP contribution is 2.30. The second-order valence-electron chi connectivity index (χ2n) is 5.45. The van der Waals surface area contributed by atoms with E-state index in [9.17, 15) is 4.79 Å². The quantitative estimate of drug-likeness (QED) is 0.706. The Kier molecular flexibility index (Phi) is 5.04. The molecule has 0 aliphatic rings. The number of ether oxygens (including phenoxy) is 2. The molecule has 3 rings (SSSR count). The molecule has 2 aromatic heterocycles. The van der Waals surface area contributed by atoms with Crippen molar-refractivity contribution in [2.75, 3.05) is 14.2 Å². The fraction of sp³-hybridized carbons (Fsp3) is 0.222. The van der Waals surface area contributed by atoms with Crippen LogP contribution in [0.3, 0.4) is 0 Å². The third-order valence-electron chi connectivity index (χ3n) is 3.91. The lowest BCUT2D eigenvalue weighted by molar-refractivity contribution is 0.0940. The van der Waals surface area contributed by atoms with E-state index in [1.54, 1.807) is 31.8 Å². The fourth-order valence-corrected chi connectivity index (χ4v) is 3.28. The van der Waals surface area contributed by atoms with Gasteiger partial charge in [0, 0.05) is 0 Å². The Labute approximate surface area is 149 Å².